The first-order chi connectivity index (χ1) is 4.31. The van der Waals surface area contributed by atoms with Gasteiger partial charge in [0.05, 0.1) is 6.61 Å². The molecule has 0 aromatic rings. The van der Waals surface area contributed by atoms with Crippen LogP contribution < -0.4 is 5.32 Å². The van der Waals surface area contributed by atoms with Crippen LogP contribution in [0.1, 0.15) is 13.3 Å². The average Bonchev–Trinajstić information content (AvgIpc) is 1.85. The van der Waals surface area contributed by atoms with Crippen LogP contribution in [0.4, 0.5) is 0 Å². The minimum Gasteiger partial charge on any atom is -0.384 e. The molecule has 0 unspecified atom stereocenters. The Morgan fingerprint density at radius 1 is 1.78 bits per heavy atom. The van der Waals surface area contributed by atoms with Gasteiger partial charge in [0.2, 0.25) is 5.91 Å². The Bertz CT molecular complexity index is 83.1. The highest BCUT2D eigenvalue weighted by Crippen LogP contribution is 1.79. The zero-order chi connectivity index (χ0) is 7.11. The molecule has 0 aromatic heterocycles. The molecule has 3 heteroatoms. The lowest BCUT2D eigenvalue weighted by atomic mass is 10.4. The Kier molecular flexibility index (Phi) is 5.21. The highest BCUT2D eigenvalue weighted by atomic mass is 16.5. The predicted molar refractivity (Wildman–Crippen MR) is 34.6 cm³/mol. The number of ether oxygens (including phenoxy) is 1. The topological polar surface area (TPSA) is 38.3 Å². The van der Waals surface area contributed by atoms with Gasteiger partial charge in [0, 0.05) is 20.1 Å². The van der Waals surface area contributed by atoms with Crippen LogP contribution in [0, 0.1) is 6.54 Å². The molecule has 1 radical (unpaired) electrons. The van der Waals surface area contributed by atoms with Crippen LogP contribution in [0.5, 0.6) is 0 Å². The van der Waals surface area contributed by atoms with Crippen molar-refractivity contribution in [3.8, 4) is 0 Å². The van der Waals surface area contributed by atoms with Crippen LogP contribution in [-0.4, -0.2) is 19.6 Å². The molecular formula is C6H12NO2. The second-order valence-corrected chi connectivity index (χ2v) is 1.60. The van der Waals surface area contributed by atoms with E-state index in [0.29, 0.717) is 13.0 Å². The zero-order valence-corrected chi connectivity index (χ0v) is 5.81. The van der Waals surface area contributed by atoms with E-state index in [4.69, 9.17) is 0 Å². The fourth-order valence-corrected chi connectivity index (χ4v) is 0.428. The van der Waals surface area contributed by atoms with Crippen molar-refractivity contribution in [2.75, 3.05) is 13.7 Å². The molecule has 0 aromatic carbocycles. The molecule has 0 aliphatic heterocycles. The monoisotopic (exact) mass is 130 g/mol. The first-order valence-electron chi connectivity index (χ1n) is 2.87. The summed E-state index contributed by atoms with van der Waals surface area (Å²) in [7, 11) is 1.57. The SMILES string of the molecule is C[CH]NC(=O)CCOC. The van der Waals surface area contributed by atoms with Crippen LogP contribution >= 0.6 is 0 Å². The third-order valence-electron chi connectivity index (χ3n) is 0.839. The minimum absolute atomic E-state index is 0.000602. The van der Waals surface area contributed by atoms with Crippen molar-refractivity contribution in [3.63, 3.8) is 0 Å². The van der Waals surface area contributed by atoms with Crippen molar-refractivity contribution >= 4 is 5.91 Å². The predicted octanol–water partition coefficient (Wildman–Crippen LogP) is 0.321. The van der Waals surface area contributed by atoms with E-state index in [0.717, 1.165) is 0 Å². The van der Waals surface area contributed by atoms with Crippen molar-refractivity contribution in [3.05, 3.63) is 6.54 Å². The smallest absolute Gasteiger partial charge is 0.222 e. The molecule has 0 heterocycles. The number of carbonyl (C=O) groups is 1. The lowest BCUT2D eigenvalue weighted by molar-refractivity contribution is -0.121. The van der Waals surface area contributed by atoms with Gasteiger partial charge >= 0.3 is 0 Å². The normalized spacial score (nSPS) is 9.11. The molecule has 3 nitrogen and oxygen atoms in total. The molecule has 0 aliphatic carbocycles. The molecule has 0 rings (SSSR count). The summed E-state index contributed by atoms with van der Waals surface area (Å²) in [6.45, 7) is 3.86. The summed E-state index contributed by atoms with van der Waals surface area (Å²) in [5.74, 6) is -0.000602. The van der Waals surface area contributed by atoms with Gasteiger partial charge in [0.1, 0.15) is 0 Å². The van der Waals surface area contributed by atoms with Gasteiger partial charge in [-0.15, -0.1) is 0 Å². The van der Waals surface area contributed by atoms with Gasteiger partial charge in [-0.3, -0.25) is 4.79 Å². The Hall–Kier alpha value is -0.570. The standard InChI is InChI=1S/C6H12NO2/c1-3-7-6(8)4-5-9-2/h3H,4-5H2,1-2H3,(H,7,8). The van der Waals surface area contributed by atoms with E-state index in [2.05, 4.69) is 10.1 Å². The molecule has 0 bridgehead atoms. The Morgan fingerprint density at radius 3 is 2.89 bits per heavy atom. The summed E-state index contributed by atoms with van der Waals surface area (Å²) in [4.78, 5) is 10.6. The van der Waals surface area contributed by atoms with E-state index in [9.17, 15) is 4.79 Å². The molecule has 0 saturated heterocycles. The van der Waals surface area contributed by atoms with Crippen LogP contribution in [-0.2, 0) is 9.53 Å². The fraction of sp³-hybridized carbons (Fsp3) is 0.667. The number of rotatable bonds is 4. The van der Waals surface area contributed by atoms with Gasteiger partial charge in [-0.25, -0.2) is 0 Å². The van der Waals surface area contributed by atoms with Gasteiger partial charge in [-0.1, -0.05) is 0 Å². The third kappa shape index (κ3) is 5.30. The van der Waals surface area contributed by atoms with Crippen LogP contribution in [0.15, 0.2) is 0 Å². The summed E-state index contributed by atoms with van der Waals surface area (Å²) in [6.07, 6.45) is 0.431. The molecule has 1 N–H and O–H groups in total. The van der Waals surface area contributed by atoms with Crippen LogP contribution in [0.25, 0.3) is 0 Å². The van der Waals surface area contributed by atoms with Crippen molar-refractivity contribution in [1.29, 1.82) is 0 Å². The highest BCUT2D eigenvalue weighted by molar-refractivity contribution is 5.76. The fourth-order valence-electron chi connectivity index (χ4n) is 0.428. The number of amides is 1. The van der Waals surface area contributed by atoms with Gasteiger partial charge in [0.15, 0.2) is 0 Å². The molecule has 53 valence electrons. The van der Waals surface area contributed by atoms with Crippen LogP contribution in [0.2, 0.25) is 0 Å². The van der Waals surface area contributed by atoms with E-state index in [1.165, 1.54) is 0 Å². The number of methoxy groups -OCH3 is 1. The number of hydrogen-bond donors (Lipinski definition) is 1. The van der Waals surface area contributed by atoms with E-state index in [1.807, 2.05) is 0 Å². The molecule has 0 aliphatic rings. The maximum atomic E-state index is 10.6. The van der Waals surface area contributed by atoms with Gasteiger partial charge in [-0.05, 0) is 6.92 Å². The molecular weight excluding hydrogens is 118 g/mol. The van der Waals surface area contributed by atoms with Crippen molar-refractivity contribution in [1.82, 2.24) is 5.32 Å². The Labute approximate surface area is 55.4 Å². The van der Waals surface area contributed by atoms with Gasteiger partial charge in [0.25, 0.3) is 0 Å². The molecule has 1 amide bonds. The summed E-state index contributed by atoms with van der Waals surface area (Å²) in [5.41, 5.74) is 0. The minimum atomic E-state index is -0.000602. The summed E-state index contributed by atoms with van der Waals surface area (Å²) >= 11 is 0. The number of carbonyl (C=O) groups excluding carboxylic acids is 1. The molecule has 0 spiro atoms. The summed E-state index contributed by atoms with van der Waals surface area (Å²) < 4.78 is 4.68. The molecule has 0 atom stereocenters. The second-order valence-electron chi connectivity index (χ2n) is 1.60. The van der Waals surface area contributed by atoms with Gasteiger partial charge in [-0.2, -0.15) is 0 Å². The Morgan fingerprint density at radius 2 is 2.44 bits per heavy atom. The first kappa shape index (κ1) is 8.43. The van der Waals surface area contributed by atoms with Crippen molar-refractivity contribution < 1.29 is 9.53 Å². The lowest BCUT2D eigenvalue weighted by Crippen LogP contribution is -2.20. The zero-order valence-electron chi connectivity index (χ0n) is 5.81. The van der Waals surface area contributed by atoms with E-state index >= 15 is 0 Å². The van der Waals surface area contributed by atoms with Gasteiger partial charge < -0.3 is 10.1 Å². The third-order valence-corrected chi connectivity index (χ3v) is 0.839. The van der Waals surface area contributed by atoms with Crippen molar-refractivity contribution in [2.45, 2.75) is 13.3 Å². The summed E-state index contributed by atoms with van der Waals surface area (Å²) in [5, 5.41) is 2.54. The highest BCUT2D eigenvalue weighted by Gasteiger charge is 1.95. The average molecular weight is 130 g/mol. The van der Waals surface area contributed by atoms with E-state index < -0.39 is 0 Å². The Balaban J connectivity index is 3.06. The van der Waals surface area contributed by atoms with Crippen LogP contribution in [0.3, 0.4) is 0 Å². The maximum absolute atomic E-state index is 10.6. The largest absolute Gasteiger partial charge is 0.384 e. The molecule has 0 fully saturated rings. The quantitative estimate of drug-likeness (QED) is 0.595. The first-order valence-corrected chi connectivity index (χ1v) is 2.87. The maximum Gasteiger partial charge on any atom is 0.222 e. The summed E-state index contributed by atoms with van der Waals surface area (Å²) in [6, 6.07) is 0. The van der Waals surface area contributed by atoms with E-state index in [-0.39, 0.29) is 5.91 Å². The molecule has 9 heavy (non-hydrogen) atoms. The second kappa shape index (κ2) is 5.56. The molecule has 0 saturated carbocycles. The van der Waals surface area contributed by atoms with Crippen molar-refractivity contribution in [2.24, 2.45) is 0 Å². The van der Waals surface area contributed by atoms with E-state index in [1.54, 1.807) is 20.6 Å². The lowest BCUT2D eigenvalue weighted by Gasteiger charge is -1.98. The number of nitrogens with one attached hydrogen (secondary N) is 1. The number of hydrogen-bond acceptors (Lipinski definition) is 2.